The Hall–Kier alpha value is -1.20. The molecule has 1 atom stereocenters. The van der Waals surface area contributed by atoms with E-state index in [9.17, 15) is 18.4 Å². The third kappa shape index (κ3) is 1.93. The Kier molecular flexibility index (Phi) is 3.60. The van der Waals surface area contributed by atoms with Crippen molar-refractivity contribution in [1.29, 1.82) is 0 Å². The van der Waals surface area contributed by atoms with E-state index in [4.69, 9.17) is 0 Å². The zero-order valence-electron chi connectivity index (χ0n) is 8.39. The van der Waals surface area contributed by atoms with Crippen molar-refractivity contribution >= 4 is 11.9 Å². The Morgan fingerprint density at radius 3 is 2.80 bits per heavy atom. The molecule has 1 saturated heterocycles. The molecule has 1 rings (SSSR count). The highest BCUT2D eigenvalue weighted by atomic mass is 19.3. The van der Waals surface area contributed by atoms with E-state index in [-0.39, 0.29) is 13.0 Å². The second-order valence-corrected chi connectivity index (χ2v) is 3.35. The van der Waals surface area contributed by atoms with Gasteiger partial charge in [-0.3, -0.25) is 9.59 Å². The van der Waals surface area contributed by atoms with Crippen molar-refractivity contribution in [3.05, 3.63) is 0 Å². The first kappa shape index (κ1) is 11.9. The van der Waals surface area contributed by atoms with Gasteiger partial charge in [0.1, 0.15) is 0 Å². The highest BCUT2D eigenvalue weighted by molar-refractivity contribution is 6.03. The Bertz CT molecular complexity index is 270. The average molecular weight is 221 g/mol. The summed E-state index contributed by atoms with van der Waals surface area (Å²) in [6.45, 7) is 1.82. The summed E-state index contributed by atoms with van der Waals surface area (Å²) in [5, 5.41) is 2.27. The van der Waals surface area contributed by atoms with Gasteiger partial charge in [-0.2, -0.15) is 0 Å². The fourth-order valence-corrected chi connectivity index (χ4v) is 1.59. The van der Waals surface area contributed by atoms with Gasteiger partial charge in [0.05, 0.1) is 6.61 Å². The fourth-order valence-electron chi connectivity index (χ4n) is 1.59. The lowest BCUT2D eigenvalue weighted by atomic mass is 9.80. The molecule has 6 heteroatoms. The van der Waals surface area contributed by atoms with E-state index in [2.05, 4.69) is 10.1 Å². The molecular weight excluding hydrogens is 208 g/mol. The molecule has 1 N–H and O–H groups in total. The van der Waals surface area contributed by atoms with E-state index < -0.39 is 23.7 Å². The lowest BCUT2D eigenvalue weighted by molar-refractivity contribution is -0.174. The van der Waals surface area contributed by atoms with Gasteiger partial charge in [-0.05, 0) is 19.8 Å². The van der Waals surface area contributed by atoms with Crippen molar-refractivity contribution in [3.8, 4) is 0 Å². The second kappa shape index (κ2) is 4.55. The number of hydrogen-bond acceptors (Lipinski definition) is 3. The van der Waals surface area contributed by atoms with Gasteiger partial charge in [-0.1, -0.05) is 0 Å². The number of carbonyl (C=O) groups excluding carboxylic acids is 2. The largest absolute Gasteiger partial charge is 0.465 e. The SMILES string of the molecule is CCOC(=O)C1(C(F)F)CCCNC1=O. The monoisotopic (exact) mass is 221 g/mol. The Morgan fingerprint density at radius 1 is 1.67 bits per heavy atom. The first-order chi connectivity index (χ1) is 7.05. The van der Waals surface area contributed by atoms with Gasteiger partial charge >= 0.3 is 5.97 Å². The molecule has 15 heavy (non-hydrogen) atoms. The number of alkyl halides is 2. The standard InChI is InChI=1S/C9H13F2NO3/c1-2-15-8(14)9(6(10)11)4-3-5-12-7(9)13/h6H,2-5H2,1H3,(H,12,13). The lowest BCUT2D eigenvalue weighted by Gasteiger charge is -2.32. The number of hydrogen-bond donors (Lipinski definition) is 1. The molecule has 0 aromatic rings. The van der Waals surface area contributed by atoms with Crippen LogP contribution in [0.25, 0.3) is 0 Å². The van der Waals surface area contributed by atoms with E-state index >= 15 is 0 Å². The van der Waals surface area contributed by atoms with E-state index in [1.807, 2.05) is 0 Å². The van der Waals surface area contributed by atoms with Gasteiger partial charge < -0.3 is 10.1 Å². The zero-order chi connectivity index (χ0) is 11.5. The minimum absolute atomic E-state index is 0.0133. The van der Waals surface area contributed by atoms with Crippen molar-refractivity contribution in [2.75, 3.05) is 13.2 Å². The molecule has 1 aliphatic heterocycles. The minimum atomic E-state index is -3.03. The van der Waals surface area contributed by atoms with E-state index in [0.717, 1.165) is 0 Å². The summed E-state index contributed by atoms with van der Waals surface area (Å²) in [6.07, 6.45) is -2.83. The van der Waals surface area contributed by atoms with Crippen LogP contribution in [0.5, 0.6) is 0 Å². The molecule has 0 aromatic carbocycles. The topological polar surface area (TPSA) is 55.4 Å². The number of amides is 1. The van der Waals surface area contributed by atoms with Crippen LogP contribution in [0.3, 0.4) is 0 Å². The summed E-state index contributed by atoms with van der Waals surface area (Å²) < 4.78 is 30.2. The summed E-state index contributed by atoms with van der Waals surface area (Å²) in [4.78, 5) is 22.8. The van der Waals surface area contributed by atoms with Crippen molar-refractivity contribution < 1.29 is 23.1 Å². The molecule has 1 heterocycles. The van der Waals surface area contributed by atoms with Gasteiger partial charge in [0, 0.05) is 6.54 Å². The van der Waals surface area contributed by atoms with Crippen LogP contribution in [-0.2, 0) is 14.3 Å². The molecule has 1 aliphatic rings. The van der Waals surface area contributed by atoms with Crippen LogP contribution in [0.2, 0.25) is 0 Å². The number of ether oxygens (including phenoxy) is 1. The number of halogens is 2. The van der Waals surface area contributed by atoms with Crippen LogP contribution in [0.4, 0.5) is 8.78 Å². The Labute approximate surface area is 86.0 Å². The van der Waals surface area contributed by atoms with Crippen LogP contribution < -0.4 is 5.32 Å². The summed E-state index contributed by atoms with van der Waals surface area (Å²) in [5.41, 5.74) is -2.30. The lowest BCUT2D eigenvalue weighted by Crippen LogP contribution is -2.55. The van der Waals surface area contributed by atoms with Crippen LogP contribution in [0, 0.1) is 5.41 Å². The van der Waals surface area contributed by atoms with Gasteiger partial charge in [0.15, 0.2) is 0 Å². The molecule has 1 amide bonds. The first-order valence-corrected chi connectivity index (χ1v) is 4.79. The quantitative estimate of drug-likeness (QED) is 0.564. The summed E-state index contributed by atoms with van der Waals surface area (Å²) >= 11 is 0. The molecule has 1 fully saturated rings. The predicted octanol–water partition coefficient (Wildman–Crippen LogP) is 0.711. The van der Waals surface area contributed by atoms with Gasteiger partial charge in [0.2, 0.25) is 11.3 Å². The van der Waals surface area contributed by atoms with Crippen molar-refractivity contribution in [1.82, 2.24) is 5.32 Å². The molecule has 0 aromatic heterocycles. The molecule has 0 spiro atoms. The van der Waals surface area contributed by atoms with Gasteiger partial charge in [0.25, 0.3) is 6.43 Å². The second-order valence-electron chi connectivity index (χ2n) is 3.35. The van der Waals surface area contributed by atoms with E-state index in [1.165, 1.54) is 6.92 Å². The number of nitrogens with one attached hydrogen (secondary N) is 1. The Morgan fingerprint density at radius 2 is 2.33 bits per heavy atom. The number of rotatable bonds is 3. The number of carbonyl (C=O) groups is 2. The maximum absolute atomic E-state index is 12.8. The van der Waals surface area contributed by atoms with Crippen molar-refractivity contribution in [2.45, 2.75) is 26.2 Å². The van der Waals surface area contributed by atoms with E-state index in [1.54, 1.807) is 0 Å². The third-order valence-corrected chi connectivity index (χ3v) is 2.45. The number of esters is 1. The summed E-state index contributed by atoms with van der Waals surface area (Å²) in [7, 11) is 0. The highest BCUT2D eigenvalue weighted by Crippen LogP contribution is 2.35. The zero-order valence-corrected chi connectivity index (χ0v) is 8.39. The summed E-state index contributed by atoms with van der Waals surface area (Å²) in [5.74, 6) is -2.06. The van der Waals surface area contributed by atoms with E-state index in [0.29, 0.717) is 13.0 Å². The van der Waals surface area contributed by atoms with Crippen molar-refractivity contribution in [3.63, 3.8) is 0 Å². The molecular formula is C9H13F2NO3. The van der Waals surface area contributed by atoms with Crippen LogP contribution in [-0.4, -0.2) is 31.5 Å². The molecule has 86 valence electrons. The summed E-state index contributed by atoms with van der Waals surface area (Å²) in [6, 6.07) is 0. The Balaban J connectivity index is 2.95. The smallest absolute Gasteiger partial charge is 0.327 e. The van der Waals surface area contributed by atoms with Crippen LogP contribution in [0.15, 0.2) is 0 Å². The predicted molar refractivity (Wildman–Crippen MR) is 47.3 cm³/mol. The molecule has 0 radical (unpaired) electrons. The molecule has 4 nitrogen and oxygen atoms in total. The normalized spacial score (nSPS) is 26.3. The fraction of sp³-hybridized carbons (Fsp3) is 0.778. The average Bonchev–Trinajstić information content (AvgIpc) is 2.18. The van der Waals surface area contributed by atoms with Gasteiger partial charge in [-0.25, -0.2) is 8.78 Å². The molecule has 0 saturated carbocycles. The highest BCUT2D eigenvalue weighted by Gasteiger charge is 2.56. The van der Waals surface area contributed by atoms with Crippen LogP contribution >= 0.6 is 0 Å². The van der Waals surface area contributed by atoms with Crippen LogP contribution in [0.1, 0.15) is 19.8 Å². The molecule has 1 unspecified atom stereocenters. The first-order valence-electron chi connectivity index (χ1n) is 4.79. The maximum Gasteiger partial charge on any atom is 0.327 e. The molecule has 0 aliphatic carbocycles. The van der Waals surface area contributed by atoms with Gasteiger partial charge in [-0.15, -0.1) is 0 Å². The maximum atomic E-state index is 12.8. The van der Waals surface area contributed by atoms with Crippen molar-refractivity contribution in [2.24, 2.45) is 5.41 Å². The number of piperidine rings is 1. The molecule has 0 bridgehead atoms. The third-order valence-electron chi connectivity index (χ3n) is 2.45. The minimum Gasteiger partial charge on any atom is -0.465 e.